The Bertz CT molecular complexity index is 611. The minimum Gasteiger partial charge on any atom is -0.464 e. The summed E-state index contributed by atoms with van der Waals surface area (Å²) >= 11 is 14.0. The second-order valence-electron chi connectivity index (χ2n) is 9.94. The molecule has 8 nitrogen and oxygen atoms in total. The van der Waals surface area contributed by atoms with Crippen molar-refractivity contribution in [3.8, 4) is 0 Å². The molecule has 2 aliphatic heterocycles. The molecule has 2 bridgehead atoms. The van der Waals surface area contributed by atoms with Gasteiger partial charge in [-0.2, -0.15) is 0 Å². The number of carbonyl (C=O) groups is 2. The summed E-state index contributed by atoms with van der Waals surface area (Å²) in [5.41, 5.74) is 0. The van der Waals surface area contributed by atoms with Crippen molar-refractivity contribution in [3.05, 3.63) is 0 Å². The monoisotopic (exact) mass is 577 g/mol. The van der Waals surface area contributed by atoms with Crippen LogP contribution in [0.3, 0.4) is 0 Å². The summed E-state index contributed by atoms with van der Waals surface area (Å²) in [6.07, 6.45) is 3.59. The van der Waals surface area contributed by atoms with Crippen LogP contribution in [0.1, 0.15) is 39.5 Å². The van der Waals surface area contributed by atoms with Crippen molar-refractivity contribution in [2.24, 2.45) is 0 Å². The summed E-state index contributed by atoms with van der Waals surface area (Å²) in [5, 5.41) is 0. The van der Waals surface area contributed by atoms with E-state index in [9.17, 15) is 9.59 Å². The van der Waals surface area contributed by atoms with Crippen molar-refractivity contribution in [2.45, 2.75) is 49.3 Å². The third-order valence-electron chi connectivity index (χ3n) is 6.51. The summed E-state index contributed by atoms with van der Waals surface area (Å²) < 4.78 is 11.1. The SMILES string of the molecule is CCCCOC(=O)C1(Cl)CN(C)CCN2CCN(CCN(C)CC(Cl)(C(=O)OCCCC)C2)C1.[Mn]. The quantitative estimate of drug-likeness (QED) is 0.188. The predicted octanol–water partition coefficient (Wildman–Crippen LogP) is 2.12. The number of hydrogen-bond acceptors (Lipinski definition) is 8. The number of esters is 2. The molecule has 0 aromatic rings. The molecule has 1 radical (unpaired) electrons. The number of fused-ring (bicyclic) bond motifs is 3. The Hall–Kier alpha value is -0.121. The minimum absolute atomic E-state index is 0. The fourth-order valence-electron chi connectivity index (χ4n) is 4.40. The summed E-state index contributed by atoms with van der Waals surface area (Å²) in [4.78, 5) is 32.3. The van der Waals surface area contributed by atoms with Crippen LogP contribution in [0.15, 0.2) is 0 Å². The number of carbonyl (C=O) groups excluding carboxylic acids is 2. The van der Waals surface area contributed by atoms with Crippen molar-refractivity contribution >= 4 is 35.1 Å². The third-order valence-corrected chi connectivity index (χ3v) is 7.30. The molecule has 0 aromatic carbocycles. The number of unbranched alkanes of at least 4 members (excludes halogenated alkanes) is 2. The van der Waals surface area contributed by atoms with E-state index in [0.717, 1.165) is 38.8 Å². The first-order valence-corrected chi connectivity index (χ1v) is 13.4. The average molecular weight is 578 g/mol. The van der Waals surface area contributed by atoms with Crippen molar-refractivity contribution in [3.63, 3.8) is 0 Å². The molecule has 0 aliphatic carbocycles. The zero-order valence-electron chi connectivity index (χ0n) is 21.9. The van der Waals surface area contributed by atoms with Crippen LogP contribution in [0, 0.1) is 0 Å². The van der Waals surface area contributed by atoms with Gasteiger partial charge in [0, 0.05) is 82.5 Å². The maximum Gasteiger partial charge on any atom is 0.329 e. The van der Waals surface area contributed by atoms with Crippen LogP contribution in [0.2, 0.25) is 0 Å². The smallest absolute Gasteiger partial charge is 0.329 e. The first-order valence-electron chi connectivity index (χ1n) is 12.7. The molecule has 2 rings (SSSR count). The van der Waals surface area contributed by atoms with E-state index in [-0.39, 0.29) is 29.0 Å². The molecule has 0 amide bonds. The first-order chi connectivity index (χ1) is 16.1. The van der Waals surface area contributed by atoms with Gasteiger partial charge in [-0.15, -0.1) is 23.2 Å². The van der Waals surface area contributed by atoms with Crippen molar-refractivity contribution in [1.82, 2.24) is 19.6 Å². The molecule has 0 aromatic heterocycles. The van der Waals surface area contributed by atoms with E-state index < -0.39 is 9.75 Å². The Balaban J connectivity index is 0.00000612. The average Bonchev–Trinajstić information content (AvgIpc) is 2.78. The van der Waals surface area contributed by atoms with Gasteiger partial charge in [-0.1, -0.05) is 26.7 Å². The number of hydrogen-bond donors (Lipinski definition) is 0. The zero-order valence-corrected chi connectivity index (χ0v) is 24.6. The van der Waals surface area contributed by atoms with Gasteiger partial charge in [0.05, 0.1) is 13.2 Å². The normalized spacial score (nSPS) is 31.3. The van der Waals surface area contributed by atoms with E-state index >= 15 is 0 Å². The van der Waals surface area contributed by atoms with Crippen molar-refractivity contribution < 1.29 is 36.1 Å². The molecule has 2 heterocycles. The molecule has 4 atom stereocenters. The zero-order chi connectivity index (χ0) is 25.2. The van der Waals surface area contributed by atoms with Gasteiger partial charge in [0.2, 0.25) is 0 Å². The van der Waals surface area contributed by atoms with Crippen LogP contribution in [-0.2, 0) is 36.1 Å². The molecule has 0 saturated carbocycles. The van der Waals surface area contributed by atoms with Crippen LogP contribution in [0.25, 0.3) is 0 Å². The Labute approximate surface area is 232 Å². The maximum absolute atomic E-state index is 13.0. The maximum atomic E-state index is 13.0. The van der Waals surface area contributed by atoms with E-state index in [1.54, 1.807) is 0 Å². The summed E-state index contributed by atoms with van der Waals surface area (Å²) in [7, 11) is 3.93. The molecular weight excluding hydrogens is 534 g/mol. The second kappa shape index (κ2) is 16.0. The van der Waals surface area contributed by atoms with E-state index in [0.29, 0.717) is 65.6 Å². The number of nitrogens with zero attached hydrogens (tertiary/aromatic N) is 4. The largest absolute Gasteiger partial charge is 0.464 e. The van der Waals surface area contributed by atoms with Gasteiger partial charge in [0.1, 0.15) is 0 Å². The van der Waals surface area contributed by atoms with Crippen LogP contribution in [-0.4, -0.2) is 134 Å². The number of likely N-dealkylation sites (N-methyl/N-ethyl adjacent to an activating group) is 2. The van der Waals surface area contributed by atoms with Gasteiger partial charge in [0.25, 0.3) is 0 Å². The Morgan fingerprint density at radius 2 is 1.03 bits per heavy atom. The summed E-state index contributed by atoms with van der Waals surface area (Å²) in [6, 6.07) is 0. The van der Waals surface area contributed by atoms with Crippen LogP contribution in [0.5, 0.6) is 0 Å². The Morgan fingerprint density at radius 1 is 0.686 bits per heavy atom. The molecule has 11 heteroatoms. The molecule has 2 fully saturated rings. The molecule has 2 saturated heterocycles. The van der Waals surface area contributed by atoms with Gasteiger partial charge >= 0.3 is 11.9 Å². The Kier molecular flexibility index (Phi) is 15.0. The van der Waals surface area contributed by atoms with Gasteiger partial charge in [-0.3, -0.25) is 19.4 Å². The van der Waals surface area contributed by atoms with E-state index in [1.807, 2.05) is 14.1 Å². The van der Waals surface area contributed by atoms with E-state index in [1.165, 1.54) is 0 Å². The van der Waals surface area contributed by atoms with Gasteiger partial charge in [-0.25, -0.2) is 0 Å². The van der Waals surface area contributed by atoms with Crippen LogP contribution < -0.4 is 0 Å². The molecule has 35 heavy (non-hydrogen) atoms. The van der Waals surface area contributed by atoms with E-state index in [2.05, 4.69) is 33.4 Å². The van der Waals surface area contributed by atoms with Gasteiger partial charge in [-0.05, 0) is 26.9 Å². The van der Waals surface area contributed by atoms with Crippen LogP contribution in [0.4, 0.5) is 0 Å². The minimum atomic E-state index is -1.12. The predicted molar refractivity (Wildman–Crippen MR) is 137 cm³/mol. The summed E-state index contributed by atoms with van der Waals surface area (Å²) in [5.74, 6) is -0.682. The first kappa shape index (κ1) is 32.9. The number of alkyl halides is 2. The summed E-state index contributed by atoms with van der Waals surface area (Å²) in [6.45, 7) is 10.8. The molecular formula is C24H44Cl2MnN4O4. The third kappa shape index (κ3) is 10.6. The van der Waals surface area contributed by atoms with Crippen molar-refractivity contribution in [1.29, 1.82) is 0 Å². The standard InChI is InChI=1S/C24H44Cl2N4O4.Mn/c1-5-7-15-33-21(31)23(25)17-27(3)9-12-30-14-13-29(19-23)11-10-28(4)18-24(26,20-30)22(32)34-16-8-6-2;/h5-20H2,1-4H3;. The fraction of sp³-hybridized carbons (Fsp3) is 0.917. The van der Waals surface area contributed by atoms with Gasteiger partial charge < -0.3 is 19.3 Å². The molecule has 205 valence electrons. The molecule has 4 unspecified atom stereocenters. The van der Waals surface area contributed by atoms with E-state index in [4.69, 9.17) is 32.7 Å². The Morgan fingerprint density at radius 3 is 1.37 bits per heavy atom. The topological polar surface area (TPSA) is 65.6 Å². The molecule has 0 N–H and O–H groups in total. The van der Waals surface area contributed by atoms with Gasteiger partial charge in [0.15, 0.2) is 9.75 Å². The second-order valence-corrected chi connectivity index (χ2v) is 11.4. The number of halogens is 2. The molecule has 2 aliphatic rings. The molecule has 0 spiro atoms. The fourth-order valence-corrected chi connectivity index (χ4v) is 5.26. The van der Waals surface area contributed by atoms with Crippen molar-refractivity contribution in [2.75, 3.05) is 92.8 Å². The van der Waals surface area contributed by atoms with Crippen LogP contribution >= 0.6 is 23.2 Å². The number of ether oxygens (including phenoxy) is 2. The number of rotatable bonds is 8.